The number of aliphatic hydroxyl groups is 1. The molecule has 0 aromatic carbocycles. The molecule has 4 aliphatic rings. The molecule has 2 aromatic rings. The summed E-state index contributed by atoms with van der Waals surface area (Å²) in [6, 6.07) is 2.22. The molecule has 0 amide bonds. The minimum absolute atomic E-state index is 0.324. The van der Waals surface area contributed by atoms with Crippen LogP contribution in [0.2, 0.25) is 0 Å². The van der Waals surface area contributed by atoms with Gasteiger partial charge in [0.25, 0.3) is 0 Å². The summed E-state index contributed by atoms with van der Waals surface area (Å²) in [7, 11) is 0. The highest BCUT2D eigenvalue weighted by molar-refractivity contribution is 5.59. The van der Waals surface area contributed by atoms with Crippen molar-refractivity contribution in [2.24, 2.45) is 17.8 Å². The number of hydrogen-bond donors (Lipinski definition) is 1. The first-order chi connectivity index (χ1) is 11.3. The van der Waals surface area contributed by atoms with Gasteiger partial charge in [-0.1, -0.05) is 12.8 Å². The van der Waals surface area contributed by atoms with Crippen LogP contribution in [0.15, 0.2) is 24.8 Å². The van der Waals surface area contributed by atoms with Crippen LogP contribution in [0.5, 0.6) is 0 Å². The fourth-order valence-corrected chi connectivity index (χ4v) is 5.35. The molecule has 6 rings (SSSR count). The molecule has 2 unspecified atom stereocenters. The van der Waals surface area contributed by atoms with Gasteiger partial charge in [-0.15, -0.1) is 0 Å². The molecule has 1 N–H and O–H groups in total. The second-order valence-electron chi connectivity index (χ2n) is 8.17. The van der Waals surface area contributed by atoms with Crippen LogP contribution >= 0.6 is 0 Å². The Bertz CT molecular complexity index is 710. The fraction of sp³-hybridized carbons (Fsp3) is 0.650. The van der Waals surface area contributed by atoms with E-state index in [4.69, 9.17) is 0 Å². The third kappa shape index (κ3) is 2.40. The predicted octanol–water partition coefficient (Wildman–Crippen LogP) is 4.46. The van der Waals surface area contributed by atoms with E-state index in [1.54, 1.807) is 0 Å². The van der Waals surface area contributed by atoms with Gasteiger partial charge in [-0.3, -0.25) is 0 Å². The molecule has 3 heteroatoms. The van der Waals surface area contributed by atoms with Crippen molar-refractivity contribution in [1.82, 2.24) is 9.38 Å². The highest BCUT2D eigenvalue weighted by Gasteiger charge is 2.37. The average molecular weight is 310 g/mol. The lowest BCUT2D eigenvalue weighted by Gasteiger charge is -2.43. The molecule has 0 spiro atoms. The van der Waals surface area contributed by atoms with Crippen LogP contribution in [0, 0.1) is 17.8 Å². The van der Waals surface area contributed by atoms with Gasteiger partial charge in [0, 0.05) is 11.8 Å². The Kier molecular flexibility index (Phi) is 3.26. The van der Waals surface area contributed by atoms with Gasteiger partial charge in [0.15, 0.2) is 0 Å². The molecule has 4 fully saturated rings. The number of aromatic nitrogens is 2. The second-order valence-corrected chi connectivity index (χ2v) is 8.17. The van der Waals surface area contributed by atoms with Crippen LogP contribution < -0.4 is 0 Å². The molecule has 4 saturated carbocycles. The molecule has 0 aliphatic heterocycles. The van der Waals surface area contributed by atoms with E-state index < -0.39 is 0 Å². The topological polar surface area (TPSA) is 37.5 Å². The van der Waals surface area contributed by atoms with E-state index in [0.29, 0.717) is 5.92 Å². The van der Waals surface area contributed by atoms with Gasteiger partial charge in [0.05, 0.1) is 24.1 Å². The van der Waals surface area contributed by atoms with Gasteiger partial charge in [0.2, 0.25) is 0 Å². The summed E-state index contributed by atoms with van der Waals surface area (Å²) in [5.41, 5.74) is 3.67. The Morgan fingerprint density at radius 1 is 1.17 bits per heavy atom. The molecule has 0 saturated heterocycles. The predicted molar refractivity (Wildman–Crippen MR) is 90.3 cm³/mol. The summed E-state index contributed by atoms with van der Waals surface area (Å²) >= 11 is 0. The lowest BCUT2D eigenvalue weighted by Crippen LogP contribution is -2.32. The van der Waals surface area contributed by atoms with E-state index in [1.165, 1.54) is 56.1 Å². The number of hydrogen-bond acceptors (Lipinski definition) is 2. The molecule has 3 nitrogen and oxygen atoms in total. The zero-order chi connectivity index (χ0) is 15.4. The largest absolute Gasteiger partial charge is 0.388 e. The normalized spacial score (nSPS) is 31.6. The maximum absolute atomic E-state index is 11.1. The van der Waals surface area contributed by atoms with Crippen molar-refractivity contribution in [3.05, 3.63) is 35.9 Å². The van der Waals surface area contributed by atoms with E-state index >= 15 is 0 Å². The molecular formula is C20H26N2O. The fourth-order valence-electron chi connectivity index (χ4n) is 5.35. The van der Waals surface area contributed by atoms with Crippen molar-refractivity contribution in [1.29, 1.82) is 0 Å². The van der Waals surface area contributed by atoms with Crippen molar-refractivity contribution in [2.75, 3.05) is 0 Å². The molecule has 2 atom stereocenters. The van der Waals surface area contributed by atoms with Crippen molar-refractivity contribution in [3.8, 4) is 0 Å². The van der Waals surface area contributed by atoms with Gasteiger partial charge < -0.3 is 9.51 Å². The van der Waals surface area contributed by atoms with Crippen LogP contribution in [-0.2, 0) is 0 Å². The van der Waals surface area contributed by atoms with Crippen LogP contribution in [0.4, 0.5) is 0 Å². The molecule has 23 heavy (non-hydrogen) atoms. The second kappa shape index (κ2) is 5.34. The van der Waals surface area contributed by atoms with Crippen molar-refractivity contribution >= 4 is 5.52 Å². The number of nitrogens with zero attached hydrogens (tertiary/aromatic N) is 2. The molecule has 2 bridgehead atoms. The maximum atomic E-state index is 11.1. The minimum atomic E-state index is -0.324. The molecule has 2 heterocycles. The Hall–Kier alpha value is -1.35. The van der Waals surface area contributed by atoms with Gasteiger partial charge in [-0.25, -0.2) is 4.98 Å². The summed E-state index contributed by atoms with van der Waals surface area (Å²) < 4.78 is 2.07. The Morgan fingerprint density at radius 3 is 2.70 bits per heavy atom. The zero-order valence-corrected chi connectivity index (χ0v) is 13.7. The van der Waals surface area contributed by atoms with Crippen molar-refractivity contribution in [3.63, 3.8) is 0 Å². The van der Waals surface area contributed by atoms with Crippen LogP contribution in [-0.4, -0.2) is 14.5 Å². The Morgan fingerprint density at radius 2 is 2.00 bits per heavy atom. The van der Waals surface area contributed by atoms with E-state index in [9.17, 15) is 5.11 Å². The number of aliphatic hydroxyl groups excluding tert-OH is 1. The highest BCUT2D eigenvalue weighted by Crippen LogP contribution is 2.49. The summed E-state index contributed by atoms with van der Waals surface area (Å²) in [5, 5.41) is 11.1. The van der Waals surface area contributed by atoms with Crippen LogP contribution in [0.3, 0.4) is 0 Å². The first kappa shape index (κ1) is 14.0. The third-order valence-electron chi connectivity index (χ3n) is 6.74. The average Bonchev–Trinajstić information content (AvgIpc) is 3.32. The van der Waals surface area contributed by atoms with Crippen LogP contribution in [0.1, 0.15) is 74.5 Å². The van der Waals surface area contributed by atoms with E-state index in [0.717, 1.165) is 29.7 Å². The number of fused-ring (bicyclic) bond motifs is 4. The number of pyridine rings is 1. The first-order valence-corrected chi connectivity index (χ1v) is 9.42. The Labute approximate surface area is 137 Å². The third-order valence-corrected chi connectivity index (χ3v) is 6.74. The van der Waals surface area contributed by atoms with E-state index in [1.807, 2.05) is 12.5 Å². The van der Waals surface area contributed by atoms with E-state index in [-0.39, 0.29) is 6.10 Å². The lowest BCUT2D eigenvalue weighted by molar-refractivity contribution is 0.0490. The van der Waals surface area contributed by atoms with Crippen molar-refractivity contribution < 1.29 is 5.11 Å². The molecule has 2 aromatic heterocycles. The minimum Gasteiger partial charge on any atom is -0.388 e. The molecule has 4 aliphatic carbocycles. The van der Waals surface area contributed by atoms with Gasteiger partial charge in [-0.05, 0) is 73.8 Å². The number of imidazole rings is 1. The molecular weight excluding hydrogens is 284 g/mol. The van der Waals surface area contributed by atoms with Gasteiger partial charge >= 0.3 is 0 Å². The van der Waals surface area contributed by atoms with Gasteiger partial charge in [-0.2, -0.15) is 0 Å². The van der Waals surface area contributed by atoms with Crippen molar-refractivity contribution in [2.45, 2.75) is 63.4 Å². The smallest absolute Gasteiger partial charge is 0.0992 e. The molecule has 0 radical (unpaired) electrons. The van der Waals surface area contributed by atoms with Gasteiger partial charge in [0.1, 0.15) is 0 Å². The maximum Gasteiger partial charge on any atom is 0.0992 e. The number of rotatable bonds is 4. The quantitative estimate of drug-likeness (QED) is 0.905. The van der Waals surface area contributed by atoms with E-state index in [2.05, 4.69) is 21.6 Å². The zero-order valence-electron chi connectivity index (χ0n) is 13.7. The molecule has 122 valence electrons. The standard InChI is InChI=1S/C20H26N2O/c23-19(10-16-9-13-1-3-14(16)4-2-13)20-17(15-5-6-15)7-8-22-12-21-11-18(20)22/h7-8,11-16,19,23H,1-6,9-10H2. The summed E-state index contributed by atoms with van der Waals surface area (Å²) in [6.07, 6.45) is 16.1. The summed E-state index contributed by atoms with van der Waals surface area (Å²) in [6.45, 7) is 0. The summed E-state index contributed by atoms with van der Waals surface area (Å²) in [4.78, 5) is 4.30. The summed E-state index contributed by atoms with van der Waals surface area (Å²) in [5.74, 6) is 3.20. The lowest BCUT2D eigenvalue weighted by atomic mass is 9.63. The monoisotopic (exact) mass is 310 g/mol. The SMILES string of the molecule is OC(CC1CC2CCC1CC2)c1c(C2CC2)ccn2cncc12. The first-order valence-electron chi connectivity index (χ1n) is 9.42. The Balaban J connectivity index is 1.47. The van der Waals surface area contributed by atoms with Crippen LogP contribution in [0.25, 0.3) is 5.52 Å². The highest BCUT2D eigenvalue weighted by atomic mass is 16.3.